The van der Waals surface area contributed by atoms with Gasteiger partial charge in [-0.3, -0.25) is 14.7 Å². The number of aromatic amines is 1. The molecule has 0 bridgehead atoms. The average Bonchev–Trinajstić information content (AvgIpc) is 3.11. The van der Waals surface area contributed by atoms with Crippen molar-refractivity contribution in [1.29, 1.82) is 0 Å². The first-order chi connectivity index (χ1) is 12.9. The molecule has 1 aromatic heterocycles. The van der Waals surface area contributed by atoms with E-state index in [-0.39, 0.29) is 23.2 Å². The lowest BCUT2D eigenvalue weighted by atomic mass is 10.1. The van der Waals surface area contributed by atoms with Crippen LogP contribution >= 0.6 is 27.7 Å². The number of aromatic hydroxyl groups is 1. The summed E-state index contributed by atoms with van der Waals surface area (Å²) in [6.07, 6.45) is 0. The van der Waals surface area contributed by atoms with Gasteiger partial charge in [0.2, 0.25) is 11.1 Å². The Morgan fingerprint density at radius 1 is 1.26 bits per heavy atom. The van der Waals surface area contributed by atoms with E-state index in [2.05, 4.69) is 36.4 Å². The lowest BCUT2D eigenvalue weighted by Crippen LogP contribution is -2.14. The van der Waals surface area contributed by atoms with Crippen LogP contribution in [0.25, 0.3) is 11.4 Å². The predicted molar refractivity (Wildman–Crippen MR) is 107 cm³/mol. The number of hydrogen-bond donors (Lipinski definition) is 3. The van der Waals surface area contributed by atoms with Crippen molar-refractivity contribution in [3.63, 3.8) is 0 Å². The number of carbonyl (C=O) groups is 2. The highest BCUT2D eigenvalue weighted by atomic mass is 79.9. The van der Waals surface area contributed by atoms with Crippen LogP contribution in [-0.2, 0) is 4.79 Å². The quantitative estimate of drug-likeness (QED) is 0.391. The number of nitrogens with zero attached hydrogens (tertiary/aromatic N) is 2. The number of thioether (sulfide) groups is 1. The fourth-order valence-corrected chi connectivity index (χ4v) is 3.23. The Bertz CT molecular complexity index is 1010. The van der Waals surface area contributed by atoms with E-state index in [1.54, 1.807) is 42.5 Å². The zero-order valence-corrected chi connectivity index (χ0v) is 16.6. The van der Waals surface area contributed by atoms with Gasteiger partial charge in [-0.2, -0.15) is 0 Å². The standard InChI is InChI=1S/C18H15BrN4O3S/c1-10(24)11-3-2-4-13(7-11)20-16(26)9-27-18-21-17(22-23-18)14-8-12(19)5-6-15(14)25/h2-8,25H,9H2,1H3,(H,20,26)(H,21,22,23). The molecule has 2 aromatic carbocycles. The van der Waals surface area contributed by atoms with Crippen molar-refractivity contribution in [3.8, 4) is 17.1 Å². The SMILES string of the molecule is CC(=O)c1cccc(NC(=O)CSc2n[nH]c(-c3cc(Br)ccc3O)n2)c1. The number of benzene rings is 2. The molecule has 0 aliphatic carbocycles. The largest absolute Gasteiger partial charge is 0.507 e. The molecule has 0 spiro atoms. The summed E-state index contributed by atoms with van der Waals surface area (Å²) >= 11 is 4.50. The minimum Gasteiger partial charge on any atom is -0.507 e. The van der Waals surface area contributed by atoms with Gasteiger partial charge in [-0.25, -0.2) is 4.98 Å². The van der Waals surface area contributed by atoms with Gasteiger partial charge in [-0.05, 0) is 37.3 Å². The Morgan fingerprint density at radius 3 is 2.85 bits per heavy atom. The van der Waals surface area contributed by atoms with Gasteiger partial charge in [0.15, 0.2) is 11.6 Å². The van der Waals surface area contributed by atoms with Crippen LogP contribution in [0.3, 0.4) is 0 Å². The van der Waals surface area contributed by atoms with Crippen LogP contribution in [0.15, 0.2) is 52.1 Å². The molecule has 3 N–H and O–H groups in total. The number of anilines is 1. The highest BCUT2D eigenvalue weighted by Gasteiger charge is 2.12. The number of aromatic nitrogens is 3. The first kappa shape index (κ1) is 19.1. The molecule has 27 heavy (non-hydrogen) atoms. The summed E-state index contributed by atoms with van der Waals surface area (Å²) in [7, 11) is 0. The number of carbonyl (C=O) groups excluding carboxylic acids is 2. The van der Waals surface area contributed by atoms with E-state index in [0.29, 0.717) is 27.8 Å². The fraction of sp³-hybridized carbons (Fsp3) is 0.111. The van der Waals surface area contributed by atoms with Gasteiger partial charge in [0.05, 0.1) is 11.3 Å². The Balaban J connectivity index is 1.61. The number of amides is 1. The third kappa shape index (κ3) is 4.95. The summed E-state index contributed by atoms with van der Waals surface area (Å²) < 4.78 is 0.799. The molecule has 7 nitrogen and oxygen atoms in total. The van der Waals surface area contributed by atoms with E-state index in [1.807, 2.05) is 0 Å². The minimum absolute atomic E-state index is 0.0653. The number of Topliss-reactive ketones (excluding diaryl/α,β-unsaturated/α-hetero) is 1. The molecule has 0 fully saturated rings. The van der Waals surface area contributed by atoms with Gasteiger partial charge in [-0.1, -0.05) is 39.8 Å². The van der Waals surface area contributed by atoms with Crippen molar-refractivity contribution in [2.24, 2.45) is 0 Å². The zero-order valence-electron chi connectivity index (χ0n) is 14.2. The zero-order chi connectivity index (χ0) is 19.4. The molecule has 1 heterocycles. The van der Waals surface area contributed by atoms with Crippen molar-refractivity contribution >= 4 is 45.1 Å². The highest BCUT2D eigenvalue weighted by Crippen LogP contribution is 2.30. The molecule has 3 aromatic rings. The van der Waals surface area contributed by atoms with E-state index in [9.17, 15) is 14.7 Å². The average molecular weight is 447 g/mol. The minimum atomic E-state index is -0.239. The van der Waals surface area contributed by atoms with Gasteiger partial charge in [0.1, 0.15) is 5.75 Å². The summed E-state index contributed by atoms with van der Waals surface area (Å²) in [6, 6.07) is 11.7. The van der Waals surface area contributed by atoms with E-state index < -0.39 is 0 Å². The second kappa shape index (κ2) is 8.36. The maximum Gasteiger partial charge on any atom is 0.234 e. The number of halogens is 1. The number of nitrogens with one attached hydrogen (secondary N) is 2. The second-order valence-electron chi connectivity index (χ2n) is 5.60. The van der Waals surface area contributed by atoms with Gasteiger partial charge >= 0.3 is 0 Å². The Labute approximate surface area is 167 Å². The van der Waals surface area contributed by atoms with Gasteiger partial charge in [-0.15, -0.1) is 5.10 Å². The van der Waals surface area contributed by atoms with Crippen molar-refractivity contribution in [3.05, 3.63) is 52.5 Å². The molecule has 138 valence electrons. The van der Waals surface area contributed by atoms with E-state index >= 15 is 0 Å². The van der Waals surface area contributed by atoms with Gasteiger partial charge in [0, 0.05) is 15.7 Å². The summed E-state index contributed by atoms with van der Waals surface area (Å²) in [6.45, 7) is 1.47. The van der Waals surface area contributed by atoms with Crippen molar-refractivity contribution < 1.29 is 14.7 Å². The topological polar surface area (TPSA) is 108 Å². The van der Waals surface area contributed by atoms with Crippen LogP contribution in [0.2, 0.25) is 0 Å². The monoisotopic (exact) mass is 446 g/mol. The Hall–Kier alpha value is -2.65. The smallest absolute Gasteiger partial charge is 0.234 e. The number of ketones is 1. The summed E-state index contributed by atoms with van der Waals surface area (Å²) in [4.78, 5) is 27.8. The molecule has 0 saturated heterocycles. The molecule has 0 radical (unpaired) electrons. The number of hydrogen-bond acceptors (Lipinski definition) is 6. The first-order valence-corrected chi connectivity index (χ1v) is 9.65. The van der Waals surface area contributed by atoms with E-state index in [4.69, 9.17) is 0 Å². The van der Waals surface area contributed by atoms with Crippen molar-refractivity contribution in [1.82, 2.24) is 15.2 Å². The summed E-state index contributed by atoms with van der Waals surface area (Å²) in [5.41, 5.74) is 1.60. The molecule has 3 rings (SSSR count). The number of rotatable bonds is 6. The third-order valence-corrected chi connectivity index (χ3v) is 4.90. The fourth-order valence-electron chi connectivity index (χ4n) is 2.27. The van der Waals surface area contributed by atoms with Crippen LogP contribution in [-0.4, -0.2) is 37.7 Å². The van der Waals surface area contributed by atoms with Crippen LogP contribution in [0.5, 0.6) is 5.75 Å². The van der Waals surface area contributed by atoms with E-state index in [0.717, 1.165) is 16.2 Å². The van der Waals surface area contributed by atoms with Gasteiger partial charge in [0.25, 0.3) is 0 Å². The highest BCUT2D eigenvalue weighted by molar-refractivity contribution is 9.10. The number of phenolic OH excluding ortho intramolecular Hbond substituents is 1. The third-order valence-electron chi connectivity index (χ3n) is 3.56. The molecule has 9 heteroatoms. The normalized spacial score (nSPS) is 10.6. The molecule has 0 aliphatic rings. The maximum atomic E-state index is 12.1. The molecular formula is C18H15BrN4O3S. The first-order valence-electron chi connectivity index (χ1n) is 7.87. The second-order valence-corrected chi connectivity index (χ2v) is 7.46. The maximum absolute atomic E-state index is 12.1. The molecule has 0 saturated carbocycles. The van der Waals surface area contributed by atoms with Crippen LogP contribution in [0, 0.1) is 0 Å². The molecule has 1 amide bonds. The molecular weight excluding hydrogens is 432 g/mol. The van der Waals surface area contributed by atoms with Crippen LogP contribution in [0.1, 0.15) is 17.3 Å². The van der Waals surface area contributed by atoms with Crippen LogP contribution in [0.4, 0.5) is 5.69 Å². The predicted octanol–water partition coefficient (Wildman–Crippen LogP) is 3.87. The summed E-state index contributed by atoms with van der Waals surface area (Å²) in [5.74, 6) is 0.285. The van der Waals surface area contributed by atoms with Crippen molar-refractivity contribution in [2.45, 2.75) is 12.1 Å². The molecule has 0 unspecified atom stereocenters. The summed E-state index contributed by atoms with van der Waals surface area (Å²) in [5, 5.41) is 19.9. The Morgan fingerprint density at radius 2 is 2.07 bits per heavy atom. The number of H-pyrrole nitrogens is 1. The van der Waals surface area contributed by atoms with Crippen LogP contribution < -0.4 is 5.32 Å². The van der Waals surface area contributed by atoms with Crippen molar-refractivity contribution in [2.75, 3.05) is 11.1 Å². The van der Waals surface area contributed by atoms with E-state index in [1.165, 1.54) is 6.92 Å². The molecule has 0 aliphatic heterocycles. The molecule has 0 atom stereocenters. The van der Waals surface area contributed by atoms with Gasteiger partial charge < -0.3 is 10.4 Å². The lowest BCUT2D eigenvalue weighted by molar-refractivity contribution is -0.113. The lowest BCUT2D eigenvalue weighted by Gasteiger charge is -2.05. The Kier molecular flexibility index (Phi) is 5.92. The number of phenols is 1.